The number of nitrogens with one attached hydrogen (secondary N) is 1. The Morgan fingerprint density at radius 2 is 1.85 bits per heavy atom. The molecule has 0 aliphatic rings. The first-order valence-corrected chi connectivity index (χ1v) is 7.39. The van der Waals surface area contributed by atoms with Crippen molar-refractivity contribution in [2.24, 2.45) is 0 Å². The minimum absolute atomic E-state index is 0.637. The summed E-state index contributed by atoms with van der Waals surface area (Å²) in [7, 11) is 1.62. The second-order valence-corrected chi connectivity index (χ2v) is 6.00. The summed E-state index contributed by atoms with van der Waals surface area (Å²) in [6, 6.07) is 11.0. The normalized spacial score (nSPS) is 10.8. The molecule has 0 saturated carbocycles. The van der Waals surface area contributed by atoms with Gasteiger partial charge in [0.15, 0.2) is 5.13 Å². The van der Waals surface area contributed by atoms with Gasteiger partial charge in [0.05, 0.1) is 23.0 Å². The van der Waals surface area contributed by atoms with Crippen molar-refractivity contribution in [2.75, 3.05) is 12.4 Å². The van der Waals surface area contributed by atoms with Crippen LogP contribution in [0.5, 0.6) is 5.75 Å². The first-order valence-electron chi connectivity index (χ1n) is 5.82. The fourth-order valence-corrected chi connectivity index (χ4v) is 3.04. The number of aromatic nitrogens is 1. The number of ether oxygens (including phenoxy) is 1. The first-order chi connectivity index (χ1) is 9.65. The lowest BCUT2D eigenvalue weighted by Crippen LogP contribution is -1.93. The number of thiazole rings is 1. The van der Waals surface area contributed by atoms with Crippen LogP contribution in [0.4, 0.5) is 10.8 Å². The van der Waals surface area contributed by atoms with Gasteiger partial charge in [-0.2, -0.15) is 0 Å². The van der Waals surface area contributed by atoms with E-state index in [4.69, 9.17) is 27.9 Å². The molecule has 2 aromatic carbocycles. The topological polar surface area (TPSA) is 34.1 Å². The summed E-state index contributed by atoms with van der Waals surface area (Å²) in [5.74, 6) is 0.715. The van der Waals surface area contributed by atoms with Crippen molar-refractivity contribution in [3.8, 4) is 5.75 Å². The monoisotopic (exact) mass is 324 g/mol. The van der Waals surface area contributed by atoms with E-state index in [1.165, 1.54) is 0 Å². The molecular weight excluding hydrogens is 315 g/mol. The molecule has 3 aromatic rings. The highest BCUT2D eigenvalue weighted by Gasteiger charge is 2.08. The van der Waals surface area contributed by atoms with Crippen molar-refractivity contribution in [2.45, 2.75) is 0 Å². The van der Waals surface area contributed by atoms with Crippen LogP contribution in [0.1, 0.15) is 0 Å². The second-order valence-electron chi connectivity index (χ2n) is 4.10. The van der Waals surface area contributed by atoms with E-state index in [2.05, 4.69) is 10.3 Å². The van der Waals surface area contributed by atoms with E-state index < -0.39 is 0 Å². The third-order valence-corrected chi connectivity index (χ3v) is 4.17. The number of anilines is 2. The maximum atomic E-state index is 6.01. The zero-order valence-electron chi connectivity index (χ0n) is 10.5. The molecule has 0 bridgehead atoms. The van der Waals surface area contributed by atoms with Crippen LogP contribution in [0, 0.1) is 0 Å². The van der Waals surface area contributed by atoms with Gasteiger partial charge in [-0.1, -0.05) is 34.5 Å². The maximum absolute atomic E-state index is 6.01. The van der Waals surface area contributed by atoms with Gasteiger partial charge in [0, 0.05) is 10.0 Å². The van der Waals surface area contributed by atoms with E-state index in [0.717, 1.165) is 21.0 Å². The highest BCUT2D eigenvalue weighted by atomic mass is 35.5. The average molecular weight is 325 g/mol. The predicted octanol–water partition coefficient (Wildman–Crippen LogP) is 5.36. The minimum Gasteiger partial charge on any atom is -0.495 e. The molecule has 1 heterocycles. The summed E-state index contributed by atoms with van der Waals surface area (Å²) in [6.07, 6.45) is 0. The van der Waals surface area contributed by atoms with Gasteiger partial charge in [0.25, 0.3) is 0 Å². The van der Waals surface area contributed by atoms with Gasteiger partial charge in [-0.25, -0.2) is 4.98 Å². The highest BCUT2D eigenvalue weighted by Crippen LogP contribution is 2.34. The molecule has 0 saturated heterocycles. The molecule has 0 amide bonds. The fourth-order valence-electron chi connectivity index (χ4n) is 1.85. The Bertz CT molecular complexity index is 773. The largest absolute Gasteiger partial charge is 0.495 e. The molecule has 0 aliphatic heterocycles. The van der Waals surface area contributed by atoms with Crippen molar-refractivity contribution in [1.82, 2.24) is 4.98 Å². The van der Waals surface area contributed by atoms with Crippen LogP contribution in [0.25, 0.3) is 10.2 Å². The fraction of sp³-hybridized carbons (Fsp3) is 0.0714. The third kappa shape index (κ3) is 2.68. The maximum Gasteiger partial charge on any atom is 0.188 e. The number of benzene rings is 2. The Morgan fingerprint density at radius 1 is 1.10 bits per heavy atom. The second kappa shape index (κ2) is 5.48. The Hall–Kier alpha value is -1.49. The van der Waals surface area contributed by atoms with Crippen LogP contribution < -0.4 is 10.1 Å². The molecular formula is C14H10Cl2N2OS. The van der Waals surface area contributed by atoms with Crippen molar-refractivity contribution >= 4 is 55.6 Å². The summed E-state index contributed by atoms with van der Waals surface area (Å²) in [5, 5.41) is 5.31. The summed E-state index contributed by atoms with van der Waals surface area (Å²) >= 11 is 13.5. The number of hydrogen-bond acceptors (Lipinski definition) is 4. The number of rotatable bonds is 3. The molecule has 0 fully saturated rings. The van der Waals surface area contributed by atoms with Gasteiger partial charge in [0.1, 0.15) is 5.75 Å². The molecule has 0 radical (unpaired) electrons. The van der Waals surface area contributed by atoms with Crippen molar-refractivity contribution < 1.29 is 4.74 Å². The standard InChI is InChI=1S/C14H10Cl2N2OS/c1-19-12-4-2-8(15)6-10(12)17-14-18-11-7-9(16)3-5-13(11)20-14/h2-7H,1H3,(H,17,18). The first kappa shape index (κ1) is 13.5. The molecule has 0 atom stereocenters. The Morgan fingerprint density at radius 3 is 2.65 bits per heavy atom. The summed E-state index contributed by atoms with van der Waals surface area (Å²) in [4.78, 5) is 4.50. The summed E-state index contributed by atoms with van der Waals surface area (Å²) in [6.45, 7) is 0. The zero-order valence-corrected chi connectivity index (χ0v) is 12.8. The third-order valence-electron chi connectivity index (χ3n) is 2.75. The van der Waals surface area contributed by atoms with Crippen molar-refractivity contribution in [3.05, 3.63) is 46.4 Å². The number of halogens is 2. The Kier molecular flexibility index (Phi) is 3.70. The van der Waals surface area contributed by atoms with Gasteiger partial charge in [-0.05, 0) is 36.4 Å². The molecule has 3 rings (SSSR count). The molecule has 0 aliphatic carbocycles. The molecule has 6 heteroatoms. The number of hydrogen-bond donors (Lipinski definition) is 1. The Balaban J connectivity index is 1.98. The molecule has 1 aromatic heterocycles. The number of methoxy groups -OCH3 is 1. The van der Waals surface area contributed by atoms with Crippen LogP contribution in [0.3, 0.4) is 0 Å². The van der Waals surface area contributed by atoms with Crippen LogP contribution >= 0.6 is 34.5 Å². The number of nitrogens with zero attached hydrogens (tertiary/aromatic N) is 1. The van der Waals surface area contributed by atoms with E-state index in [-0.39, 0.29) is 0 Å². The van der Waals surface area contributed by atoms with Crippen LogP contribution in [-0.4, -0.2) is 12.1 Å². The van der Waals surface area contributed by atoms with Crippen LogP contribution in [0.15, 0.2) is 36.4 Å². The molecule has 3 nitrogen and oxygen atoms in total. The average Bonchev–Trinajstić information content (AvgIpc) is 2.80. The van der Waals surface area contributed by atoms with E-state index in [1.54, 1.807) is 30.6 Å². The minimum atomic E-state index is 0.637. The molecule has 0 spiro atoms. The highest BCUT2D eigenvalue weighted by molar-refractivity contribution is 7.22. The lowest BCUT2D eigenvalue weighted by molar-refractivity contribution is 0.417. The van der Waals surface area contributed by atoms with E-state index >= 15 is 0 Å². The van der Waals surface area contributed by atoms with Crippen molar-refractivity contribution in [1.29, 1.82) is 0 Å². The smallest absolute Gasteiger partial charge is 0.188 e. The van der Waals surface area contributed by atoms with E-state index in [1.807, 2.05) is 24.3 Å². The van der Waals surface area contributed by atoms with Crippen LogP contribution in [0.2, 0.25) is 10.0 Å². The van der Waals surface area contributed by atoms with Gasteiger partial charge in [-0.3, -0.25) is 0 Å². The lowest BCUT2D eigenvalue weighted by atomic mass is 10.3. The molecule has 102 valence electrons. The molecule has 1 N–H and O–H groups in total. The van der Waals surface area contributed by atoms with Gasteiger partial charge in [0.2, 0.25) is 0 Å². The SMILES string of the molecule is COc1ccc(Cl)cc1Nc1nc2cc(Cl)ccc2s1. The molecule has 20 heavy (non-hydrogen) atoms. The predicted molar refractivity (Wildman–Crippen MR) is 85.9 cm³/mol. The van der Waals surface area contributed by atoms with Crippen molar-refractivity contribution in [3.63, 3.8) is 0 Å². The summed E-state index contributed by atoms with van der Waals surface area (Å²) < 4.78 is 6.37. The van der Waals surface area contributed by atoms with E-state index in [0.29, 0.717) is 15.8 Å². The van der Waals surface area contributed by atoms with Gasteiger partial charge >= 0.3 is 0 Å². The number of fused-ring (bicyclic) bond motifs is 1. The van der Waals surface area contributed by atoms with Crippen LogP contribution in [-0.2, 0) is 0 Å². The van der Waals surface area contributed by atoms with Gasteiger partial charge in [-0.15, -0.1) is 0 Å². The lowest BCUT2D eigenvalue weighted by Gasteiger charge is -2.08. The summed E-state index contributed by atoms with van der Waals surface area (Å²) in [5.41, 5.74) is 1.65. The molecule has 0 unspecified atom stereocenters. The Labute approximate surface area is 130 Å². The zero-order chi connectivity index (χ0) is 14.1. The van der Waals surface area contributed by atoms with Gasteiger partial charge < -0.3 is 10.1 Å². The van der Waals surface area contributed by atoms with E-state index in [9.17, 15) is 0 Å². The quantitative estimate of drug-likeness (QED) is 0.704.